The number of ether oxygens (including phenoxy) is 1. The zero-order chi connectivity index (χ0) is 38.1. The molecule has 6 aromatic rings. The number of aromatic nitrogens is 4. The number of carbonyl (C=O) groups excluding carboxylic acids is 3. The Hall–Kier alpha value is -6.27. The fourth-order valence-electron chi connectivity index (χ4n) is 7.22. The van der Waals surface area contributed by atoms with E-state index in [-0.39, 0.29) is 24.4 Å². The van der Waals surface area contributed by atoms with E-state index >= 15 is 0 Å². The summed E-state index contributed by atoms with van der Waals surface area (Å²) in [5, 5.41) is 10.6. The lowest BCUT2D eigenvalue weighted by Gasteiger charge is -2.28. The summed E-state index contributed by atoms with van der Waals surface area (Å²) in [4.78, 5) is 54.8. The van der Waals surface area contributed by atoms with Crippen molar-refractivity contribution in [3.8, 4) is 33.6 Å². The van der Waals surface area contributed by atoms with Gasteiger partial charge in [0.1, 0.15) is 17.7 Å². The van der Waals surface area contributed by atoms with Crippen molar-refractivity contribution in [1.82, 2.24) is 40.8 Å². The number of aromatic amines is 2. The third-order valence-corrected chi connectivity index (χ3v) is 10.2. The number of alkyl carbamates (subject to hydrolysis) is 1. The molecule has 0 spiro atoms. The van der Waals surface area contributed by atoms with Crippen LogP contribution < -0.4 is 16.0 Å². The molecule has 1 unspecified atom stereocenters. The van der Waals surface area contributed by atoms with Crippen LogP contribution in [0.4, 0.5) is 4.79 Å². The monoisotopic (exact) mass is 738 g/mol. The Balaban J connectivity index is 0.946. The predicted octanol–water partition coefficient (Wildman–Crippen LogP) is 6.71. The molecule has 0 saturated carbocycles. The standard InChI is InChI=1S/C43H46N8O4/c1-44-40(30-9-4-3-5-10-30)42(53)51-22-8-11-37(51)41-47-26-35(50-41)29-15-13-28(14-16-29)31-17-18-33-24-34(20-19-32(33)23-31)36-25-46-38(49-36)12-6-7-21-45-39(52)27-48-43(54)55-2/h3-5,9-10,13-20,23-26,37,40,44H,6-8,11-12,21-22,27H2,1-2H3,(H,45,52)(H,46,49)(H,47,50)(H,48,54)/t37?,40-/m1/s1. The molecule has 3 heterocycles. The lowest BCUT2D eigenvalue weighted by molar-refractivity contribution is -0.134. The molecule has 2 atom stereocenters. The molecule has 1 fully saturated rings. The Morgan fingerprint density at radius 3 is 2.27 bits per heavy atom. The smallest absolute Gasteiger partial charge is 0.407 e. The van der Waals surface area contributed by atoms with E-state index in [1.807, 2.05) is 54.7 Å². The van der Waals surface area contributed by atoms with Crippen LogP contribution in [0.15, 0.2) is 103 Å². The summed E-state index contributed by atoms with van der Waals surface area (Å²) in [6.07, 6.45) is 7.33. The molecule has 4 aromatic carbocycles. The lowest BCUT2D eigenvalue weighted by atomic mass is 9.98. The van der Waals surface area contributed by atoms with Gasteiger partial charge in [-0.05, 0) is 77.9 Å². The molecule has 3 amide bonds. The number of aryl methyl sites for hydroxylation is 1. The first-order chi connectivity index (χ1) is 26.9. The molecule has 5 N–H and O–H groups in total. The van der Waals surface area contributed by atoms with Gasteiger partial charge in [-0.2, -0.15) is 0 Å². The van der Waals surface area contributed by atoms with Gasteiger partial charge in [0, 0.05) is 25.1 Å². The van der Waals surface area contributed by atoms with E-state index in [2.05, 4.69) is 96.3 Å². The summed E-state index contributed by atoms with van der Waals surface area (Å²) < 4.78 is 4.46. The molecule has 0 bridgehead atoms. The van der Waals surface area contributed by atoms with Crippen LogP contribution in [-0.2, 0) is 20.7 Å². The van der Waals surface area contributed by atoms with Crippen LogP contribution in [0, 0.1) is 0 Å². The van der Waals surface area contributed by atoms with E-state index in [9.17, 15) is 14.4 Å². The van der Waals surface area contributed by atoms with Gasteiger partial charge >= 0.3 is 6.09 Å². The number of hydrogen-bond donors (Lipinski definition) is 5. The Labute approximate surface area is 320 Å². The summed E-state index contributed by atoms with van der Waals surface area (Å²) in [5.41, 5.74) is 7.21. The van der Waals surface area contributed by atoms with Crippen LogP contribution in [0.3, 0.4) is 0 Å². The molecule has 1 saturated heterocycles. The number of H-pyrrole nitrogens is 2. The highest BCUT2D eigenvalue weighted by Gasteiger charge is 2.35. The maximum absolute atomic E-state index is 13.7. The number of nitrogens with zero attached hydrogens (tertiary/aromatic N) is 3. The minimum atomic E-state index is -0.630. The Bertz CT molecular complexity index is 2250. The predicted molar refractivity (Wildman–Crippen MR) is 213 cm³/mol. The van der Waals surface area contributed by atoms with E-state index in [1.165, 1.54) is 7.11 Å². The molecule has 282 valence electrons. The number of rotatable bonds is 14. The quantitative estimate of drug-likeness (QED) is 0.0778. The number of imidazole rings is 2. The van der Waals surface area contributed by atoms with Crippen molar-refractivity contribution in [3.05, 3.63) is 121 Å². The van der Waals surface area contributed by atoms with E-state index in [1.54, 1.807) is 0 Å². The van der Waals surface area contributed by atoms with Crippen molar-refractivity contribution in [2.24, 2.45) is 0 Å². The van der Waals surface area contributed by atoms with Gasteiger partial charge in [-0.15, -0.1) is 0 Å². The maximum atomic E-state index is 13.7. The van der Waals surface area contributed by atoms with Gasteiger partial charge in [0.2, 0.25) is 11.8 Å². The van der Waals surface area contributed by atoms with Crippen molar-refractivity contribution in [2.75, 3.05) is 33.8 Å². The molecular formula is C43H46N8O4. The van der Waals surface area contributed by atoms with Gasteiger partial charge in [0.15, 0.2) is 0 Å². The number of methoxy groups -OCH3 is 1. The second kappa shape index (κ2) is 17.3. The highest BCUT2D eigenvalue weighted by molar-refractivity contribution is 5.90. The number of fused-ring (bicyclic) bond motifs is 1. The van der Waals surface area contributed by atoms with Gasteiger partial charge in [0.05, 0.1) is 43.5 Å². The van der Waals surface area contributed by atoms with Gasteiger partial charge < -0.3 is 35.6 Å². The van der Waals surface area contributed by atoms with E-state index in [0.29, 0.717) is 13.1 Å². The summed E-state index contributed by atoms with van der Waals surface area (Å²) in [7, 11) is 3.09. The molecule has 1 aliphatic rings. The largest absolute Gasteiger partial charge is 0.453 e. The normalized spacial score (nSPS) is 14.5. The van der Waals surface area contributed by atoms with Crippen molar-refractivity contribution < 1.29 is 19.1 Å². The average Bonchev–Trinajstić information content (AvgIpc) is 4.02. The number of benzene rings is 4. The topological polar surface area (TPSA) is 157 Å². The Morgan fingerprint density at radius 1 is 0.818 bits per heavy atom. The second-order valence-corrected chi connectivity index (χ2v) is 13.8. The summed E-state index contributed by atoms with van der Waals surface area (Å²) in [6, 6.07) is 30.8. The van der Waals surface area contributed by atoms with Crippen LogP contribution in [0.5, 0.6) is 0 Å². The van der Waals surface area contributed by atoms with Gasteiger partial charge in [0.25, 0.3) is 0 Å². The number of carbonyl (C=O) groups is 3. The maximum Gasteiger partial charge on any atom is 0.407 e. The first kappa shape index (κ1) is 37.1. The minimum absolute atomic E-state index is 0.0679. The molecule has 12 nitrogen and oxygen atoms in total. The number of amides is 3. The SMILES string of the molecule is CN[C@@H](C(=O)N1CCCC1c1ncc(-c2ccc(-c3ccc4cc(-c5cnc(CCCCNC(=O)CNC(=O)OC)[nH]5)ccc4c3)cc2)[nH]1)c1ccccc1. The van der Waals surface area contributed by atoms with E-state index < -0.39 is 12.1 Å². The summed E-state index contributed by atoms with van der Waals surface area (Å²) in [5.74, 6) is 1.53. The number of hydrogen-bond acceptors (Lipinski definition) is 7. The third kappa shape index (κ3) is 8.76. The molecular weight excluding hydrogens is 693 g/mol. The lowest BCUT2D eigenvalue weighted by Crippen LogP contribution is -2.39. The number of unbranched alkanes of at least 4 members (excludes halogenated alkanes) is 1. The molecule has 1 aliphatic heterocycles. The first-order valence-corrected chi connectivity index (χ1v) is 18.7. The zero-order valence-corrected chi connectivity index (χ0v) is 31.1. The van der Waals surface area contributed by atoms with Crippen LogP contribution in [0.2, 0.25) is 0 Å². The van der Waals surface area contributed by atoms with Crippen LogP contribution >= 0.6 is 0 Å². The fourth-order valence-corrected chi connectivity index (χ4v) is 7.22. The molecule has 7 rings (SSSR count). The van der Waals surface area contributed by atoms with Crippen molar-refractivity contribution >= 4 is 28.7 Å². The van der Waals surface area contributed by atoms with Gasteiger partial charge in [-0.25, -0.2) is 14.8 Å². The van der Waals surface area contributed by atoms with Crippen LogP contribution in [-0.4, -0.2) is 76.5 Å². The van der Waals surface area contributed by atoms with E-state index in [4.69, 9.17) is 4.98 Å². The van der Waals surface area contributed by atoms with Crippen LogP contribution in [0.1, 0.15) is 55.0 Å². The zero-order valence-electron chi connectivity index (χ0n) is 31.1. The summed E-state index contributed by atoms with van der Waals surface area (Å²) in [6.45, 7) is 1.13. The molecule has 0 radical (unpaired) electrons. The minimum Gasteiger partial charge on any atom is -0.453 e. The van der Waals surface area contributed by atoms with Crippen molar-refractivity contribution in [3.63, 3.8) is 0 Å². The van der Waals surface area contributed by atoms with Crippen LogP contribution in [0.25, 0.3) is 44.4 Å². The first-order valence-electron chi connectivity index (χ1n) is 18.7. The second-order valence-electron chi connectivity index (χ2n) is 13.8. The van der Waals surface area contributed by atoms with E-state index in [0.717, 1.165) is 93.7 Å². The summed E-state index contributed by atoms with van der Waals surface area (Å²) >= 11 is 0. The highest BCUT2D eigenvalue weighted by atomic mass is 16.5. The Kier molecular flexibility index (Phi) is 11.6. The number of likely N-dealkylation sites (N-methyl/N-ethyl adjacent to an activating group) is 1. The molecule has 12 heteroatoms. The molecule has 55 heavy (non-hydrogen) atoms. The molecule has 2 aromatic heterocycles. The van der Waals surface area contributed by atoms with Gasteiger partial charge in [-0.1, -0.05) is 78.9 Å². The highest BCUT2D eigenvalue weighted by Crippen LogP contribution is 2.35. The van der Waals surface area contributed by atoms with Gasteiger partial charge in [-0.3, -0.25) is 9.59 Å². The van der Waals surface area contributed by atoms with Crippen molar-refractivity contribution in [2.45, 2.75) is 44.2 Å². The van der Waals surface area contributed by atoms with Crippen molar-refractivity contribution in [1.29, 1.82) is 0 Å². The average molecular weight is 739 g/mol. The third-order valence-electron chi connectivity index (χ3n) is 10.2. The Morgan fingerprint density at radius 2 is 1.51 bits per heavy atom. The number of nitrogens with one attached hydrogen (secondary N) is 5. The molecule has 0 aliphatic carbocycles. The number of likely N-dealkylation sites (tertiary alicyclic amines) is 1. The fraction of sp³-hybridized carbons (Fsp3) is 0.279.